The molecule has 150 valence electrons. The van der Waals surface area contributed by atoms with Crippen LogP contribution < -0.4 is 4.90 Å². The summed E-state index contributed by atoms with van der Waals surface area (Å²) in [4.78, 5) is 24.6. The molecule has 0 bridgehead atoms. The van der Waals surface area contributed by atoms with E-state index in [9.17, 15) is 14.7 Å². The molecule has 2 saturated heterocycles. The Hall–Kier alpha value is -1.21. The van der Waals surface area contributed by atoms with E-state index in [0.717, 1.165) is 31.5 Å². The molecule has 1 aromatic rings. The molecule has 2 heterocycles. The zero-order valence-electron chi connectivity index (χ0n) is 16.7. The van der Waals surface area contributed by atoms with E-state index in [1.165, 1.54) is 5.56 Å². The molecule has 0 unspecified atom stereocenters. The lowest BCUT2D eigenvalue weighted by molar-refractivity contribution is -0.117. The fourth-order valence-corrected chi connectivity index (χ4v) is 7.57. The van der Waals surface area contributed by atoms with Crippen molar-refractivity contribution in [3.05, 3.63) is 29.8 Å². The Kier molecular flexibility index (Phi) is 6.41. The van der Waals surface area contributed by atoms with Crippen molar-refractivity contribution < 1.29 is 19.4 Å². The first-order valence-electron chi connectivity index (χ1n) is 10.2. The number of hydrogen-bond acceptors (Lipinski definition) is 4. The smallest absolute Gasteiger partial charge is 0.227 e. The van der Waals surface area contributed by atoms with Gasteiger partial charge in [0.15, 0.2) is 8.32 Å². The first-order valence-corrected chi connectivity index (χ1v) is 13.2. The molecule has 0 saturated carbocycles. The van der Waals surface area contributed by atoms with E-state index >= 15 is 0 Å². The molecule has 0 radical (unpaired) electrons. The maximum atomic E-state index is 12.0. The van der Waals surface area contributed by atoms with Gasteiger partial charge in [0.25, 0.3) is 0 Å². The van der Waals surface area contributed by atoms with E-state index in [0.29, 0.717) is 12.8 Å². The predicted octanol–water partition coefficient (Wildman–Crippen LogP) is 3.10. The Morgan fingerprint density at radius 2 is 2.04 bits per heavy atom. The number of anilines is 1. The van der Waals surface area contributed by atoms with Gasteiger partial charge in [0.2, 0.25) is 5.91 Å². The third kappa shape index (κ3) is 4.62. The maximum absolute atomic E-state index is 12.0. The van der Waals surface area contributed by atoms with Crippen LogP contribution in [-0.2, 0) is 16.0 Å². The molecule has 6 heteroatoms. The molecule has 27 heavy (non-hydrogen) atoms. The Morgan fingerprint density at radius 3 is 2.67 bits per heavy atom. The molecule has 2 N–H and O–H groups in total. The lowest BCUT2D eigenvalue weighted by Gasteiger charge is -2.30. The van der Waals surface area contributed by atoms with Gasteiger partial charge >= 0.3 is 0 Å². The third-order valence-corrected chi connectivity index (χ3v) is 8.67. The standard InChI is InChI=1S/C21H33NO4Si/c1-15-18(26-19(11-13-23)21(15)27(2,3)25)10-9-16-6-4-7-17(14-16)22-12-5-8-20(22)24/h4,6-7,14-15,18-19,21,23,25H,5,8-13H2,1-3H3/t15-,18+,19-,21+/m0/s1. The predicted molar refractivity (Wildman–Crippen MR) is 109 cm³/mol. The molecule has 4 atom stereocenters. The molecule has 0 aliphatic carbocycles. The molecule has 5 nitrogen and oxygen atoms in total. The van der Waals surface area contributed by atoms with Gasteiger partial charge in [-0.2, -0.15) is 0 Å². The molecule has 1 amide bonds. The number of benzene rings is 1. The van der Waals surface area contributed by atoms with Crippen LogP contribution in [0.1, 0.15) is 38.2 Å². The van der Waals surface area contributed by atoms with Gasteiger partial charge < -0.3 is 19.5 Å². The van der Waals surface area contributed by atoms with E-state index in [-0.39, 0.29) is 36.2 Å². The molecule has 0 aromatic heterocycles. The van der Waals surface area contributed by atoms with Crippen molar-refractivity contribution in [1.82, 2.24) is 0 Å². The van der Waals surface area contributed by atoms with Crippen LogP contribution in [0.15, 0.2) is 24.3 Å². The number of ether oxygens (including phenoxy) is 1. The van der Waals surface area contributed by atoms with Crippen molar-refractivity contribution in [3.8, 4) is 0 Å². The highest BCUT2D eigenvalue weighted by atomic mass is 28.4. The van der Waals surface area contributed by atoms with Crippen LogP contribution >= 0.6 is 0 Å². The molecule has 0 spiro atoms. The van der Waals surface area contributed by atoms with E-state index in [1.807, 2.05) is 30.1 Å². The highest BCUT2D eigenvalue weighted by Gasteiger charge is 2.49. The van der Waals surface area contributed by atoms with Crippen LogP contribution in [-0.4, -0.2) is 49.5 Å². The summed E-state index contributed by atoms with van der Waals surface area (Å²) in [6.45, 7) is 7.03. The Labute approximate surface area is 163 Å². The summed E-state index contributed by atoms with van der Waals surface area (Å²) in [7, 11) is -2.35. The van der Waals surface area contributed by atoms with Crippen LogP contribution in [0.2, 0.25) is 18.6 Å². The van der Waals surface area contributed by atoms with Gasteiger partial charge in [-0.3, -0.25) is 4.79 Å². The lowest BCUT2D eigenvalue weighted by Crippen LogP contribution is -2.40. The van der Waals surface area contributed by atoms with Gasteiger partial charge in [0.1, 0.15) is 0 Å². The minimum Gasteiger partial charge on any atom is -0.432 e. The van der Waals surface area contributed by atoms with E-state index in [4.69, 9.17) is 4.74 Å². The first kappa shape index (κ1) is 20.5. The molecule has 3 rings (SSSR count). The highest BCUT2D eigenvalue weighted by Crippen LogP contribution is 2.45. The number of nitrogens with zero attached hydrogens (tertiary/aromatic N) is 1. The second kappa shape index (κ2) is 8.43. The van der Waals surface area contributed by atoms with Crippen LogP contribution in [0.25, 0.3) is 0 Å². The Balaban J connectivity index is 1.65. The monoisotopic (exact) mass is 391 g/mol. The van der Waals surface area contributed by atoms with Gasteiger partial charge in [0.05, 0.1) is 12.2 Å². The summed E-state index contributed by atoms with van der Waals surface area (Å²) < 4.78 is 6.27. The van der Waals surface area contributed by atoms with Crippen LogP contribution in [0.5, 0.6) is 0 Å². The number of carbonyl (C=O) groups excluding carboxylic acids is 1. The molecular formula is C21H33NO4Si. The number of carbonyl (C=O) groups is 1. The first-order chi connectivity index (χ1) is 12.8. The number of rotatable bonds is 7. The zero-order valence-corrected chi connectivity index (χ0v) is 17.7. The normalized spacial score (nSPS) is 28.9. The van der Waals surface area contributed by atoms with Crippen LogP contribution in [0.4, 0.5) is 5.69 Å². The Morgan fingerprint density at radius 1 is 1.26 bits per heavy atom. The third-order valence-electron chi connectivity index (χ3n) is 6.15. The van der Waals surface area contributed by atoms with E-state index < -0.39 is 8.32 Å². The topological polar surface area (TPSA) is 70.0 Å². The summed E-state index contributed by atoms with van der Waals surface area (Å²) in [5, 5.41) is 9.37. The van der Waals surface area contributed by atoms with E-state index in [1.54, 1.807) is 0 Å². The average molecular weight is 392 g/mol. The fourth-order valence-electron chi connectivity index (χ4n) is 4.92. The Bertz CT molecular complexity index is 660. The zero-order chi connectivity index (χ0) is 19.6. The summed E-state index contributed by atoms with van der Waals surface area (Å²) in [6, 6.07) is 8.26. The molecule has 2 aliphatic rings. The lowest BCUT2D eigenvalue weighted by atomic mass is 9.95. The minimum absolute atomic E-state index is 0.0461. The van der Waals surface area contributed by atoms with Crippen molar-refractivity contribution in [2.24, 2.45) is 5.92 Å². The van der Waals surface area contributed by atoms with Gasteiger partial charge in [-0.1, -0.05) is 19.1 Å². The van der Waals surface area contributed by atoms with Crippen LogP contribution in [0, 0.1) is 5.92 Å². The molecule has 2 aliphatic heterocycles. The fraction of sp³-hybridized carbons (Fsp3) is 0.667. The number of aryl methyl sites for hydroxylation is 1. The van der Waals surface area contributed by atoms with Gasteiger partial charge in [-0.05, 0) is 62.4 Å². The van der Waals surface area contributed by atoms with Crippen molar-refractivity contribution in [3.63, 3.8) is 0 Å². The second-order valence-electron chi connectivity index (χ2n) is 8.62. The summed E-state index contributed by atoms with van der Waals surface area (Å²) >= 11 is 0. The molecule has 1 aromatic carbocycles. The van der Waals surface area contributed by atoms with Crippen LogP contribution in [0.3, 0.4) is 0 Å². The summed E-state index contributed by atoms with van der Waals surface area (Å²) in [6.07, 6.45) is 4.00. The maximum Gasteiger partial charge on any atom is 0.227 e. The summed E-state index contributed by atoms with van der Waals surface area (Å²) in [5.41, 5.74) is 2.36. The van der Waals surface area contributed by atoms with Gasteiger partial charge in [-0.15, -0.1) is 0 Å². The van der Waals surface area contributed by atoms with Gasteiger partial charge in [-0.25, -0.2) is 0 Å². The number of aliphatic hydroxyl groups excluding tert-OH is 1. The molecule has 2 fully saturated rings. The number of amides is 1. The van der Waals surface area contributed by atoms with Gasteiger partial charge in [0, 0.05) is 30.8 Å². The number of aliphatic hydroxyl groups is 1. The van der Waals surface area contributed by atoms with Crippen molar-refractivity contribution in [1.29, 1.82) is 0 Å². The quantitative estimate of drug-likeness (QED) is 0.701. The van der Waals surface area contributed by atoms with E-state index in [2.05, 4.69) is 19.1 Å². The SMILES string of the molecule is C[C@@H]1[C@@H]([Si](C)(C)O)[C@H](CCO)O[C@@H]1CCc1cccc(N2CCCC2=O)c1. The minimum atomic E-state index is -2.35. The second-order valence-corrected chi connectivity index (χ2v) is 12.6. The largest absolute Gasteiger partial charge is 0.432 e. The van der Waals surface area contributed by atoms with Crippen molar-refractivity contribution >= 4 is 19.9 Å². The summed E-state index contributed by atoms with van der Waals surface area (Å²) in [5.74, 6) is 0.501. The highest BCUT2D eigenvalue weighted by molar-refractivity contribution is 6.71. The number of hydrogen-bond donors (Lipinski definition) is 2. The molecular weight excluding hydrogens is 358 g/mol. The van der Waals surface area contributed by atoms with Crippen molar-refractivity contribution in [2.45, 2.75) is 69.9 Å². The average Bonchev–Trinajstić information content (AvgIpc) is 3.16. The van der Waals surface area contributed by atoms with Crippen molar-refractivity contribution in [2.75, 3.05) is 18.1 Å².